The highest BCUT2D eigenvalue weighted by Crippen LogP contribution is 2.42. The van der Waals surface area contributed by atoms with E-state index >= 15 is 0 Å². The van der Waals surface area contributed by atoms with Crippen molar-refractivity contribution in [2.45, 2.75) is 0 Å². The molecule has 0 saturated carbocycles. The third kappa shape index (κ3) is 5.26. The van der Waals surface area contributed by atoms with Gasteiger partial charge in [0.2, 0.25) is 0 Å². The fourth-order valence-corrected chi connectivity index (χ4v) is 9.25. The summed E-state index contributed by atoms with van der Waals surface area (Å²) in [5, 5.41) is 8.82. The molecular formula is C55H32N4O2. The molecular weight excluding hydrogens is 749 g/mol. The van der Waals surface area contributed by atoms with Crippen LogP contribution in [-0.2, 0) is 0 Å². The Labute approximate surface area is 348 Å². The monoisotopic (exact) mass is 780 g/mol. The van der Waals surface area contributed by atoms with Crippen molar-refractivity contribution in [1.29, 1.82) is 0 Å². The van der Waals surface area contributed by atoms with E-state index in [1.165, 1.54) is 21.8 Å². The van der Waals surface area contributed by atoms with E-state index in [-0.39, 0.29) is 0 Å². The molecule has 0 atom stereocenters. The summed E-state index contributed by atoms with van der Waals surface area (Å²) in [7, 11) is 0. The summed E-state index contributed by atoms with van der Waals surface area (Å²) in [6.45, 7) is 0. The molecule has 0 spiro atoms. The lowest BCUT2D eigenvalue weighted by molar-refractivity contribution is 0.668. The molecule has 0 fully saturated rings. The minimum atomic E-state index is 0.581. The van der Waals surface area contributed by atoms with Crippen molar-refractivity contribution in [1.82, 2.24) is 19.5 Å². The van der Waals surface area contributed by atoms with E-state index in [2.05, 4.69) is 156 Å². The van der Waals surface area contributed by atoms with Crippen LogP contribution in [-0.4, -0.2) is 19.5 Å². The van der Waals surface area contributed by atoms with Gasteiger partial charge in [0.1, 0.15) is 22.3 Å². The number of rotatable bonds is 5. The molecule has 0 aliphatic carbocycles. The van der Waals surface area contributed by atoms with Crippen LogP contribution in [0.2, 0.25) is 0 Å². The average Bonchev–Trinajstić information content (AvgIpc) is 4.00. The van der Waals surface area contributed by atoms with E-state index in [9.17, 15) is 0 Å². The number of hydrogen-bond acceptors (Lipinski definition) is 5. The van der Waals surface area contributed by atoms with Crippen molar-refractivity contribution in [2.75, 3.05) is 0 Å². The summed E-state index contributed by atoms with van der Waals surface area (Å²) in [5.74, 6) is 1.80. The standard InChI is InChI=1S/C55H32N4O2/c1-2-13-34(14-3-1)53-56-54(37-25-24-33-12-4-5-15-35(33)30-37)58-55(57-53)43-19-11-23-49-52(43)44-31-36(26-29-47(44)60-49)39-18-10-22-48-51(39)42-28-27-38(32-50(42)61-48)59-45-20-8-6-16-40(45)41-17-7-9-21-46(41)59/h1-32H. The lowest BCUT2D eigenvalue weighted by Crippen LogP contribution is -2.00. The Morgan fingerprint density at radius 1 is 0.328 bits per heavy atom. The molecule has 13 rings (SSSR count). The van der Waals surface area contributed by atoms with Crippen LogP contribution in [0.5, 0.6) is 0 Å². The number of fused-ring (bicyclic) bond motifs is 10. The fraction of sp³-hybridized carbons (Fsp3) is 0. The van der Waals surface area contributed by atoms with Crippen LogP contribution >= 0.6 is 0 Å². The molecule has 0 radical (unpaired) electrons. The Morgan fingerprint density at radius 3 is 1.74 bits per heavy atom. The van der Waals surface area contributed by atoms with Crippen LogP contribution in [0.25, 0.3) is 127 Å². The molecule has 4 aromatic heterocycles. The van der Waals surface area contributed by atoms with Gasteiger partial charge in [-0.3, -0.25) is 0 Å². The van der Waals surface area contributed by atoms with Gasteiger partial charge in [0, 0.05) is 60.8 Å². The van der Waals surface area contributed by atoms with E-state index in [0.717, 1.165) is 88.2 Å². The zero-order chi connectivity index (χ0) is 40.0. The van der Waals surface area contributed by atoms with Crippen LogP contribution < -0.4 is 0 Å². The second kappa shape index (κ2) is 13.1. The van der Waals surface area contributed by atoms with Gasteiger partial charge in [-0.25, -0.2) is 15.0 Å². The van der Waals surface area contributed by atoms with Crippen LogP contribution in [0.1, 0.15) is 0 Å². The minimum Gasteiger partial charge on any atom is -0.456 e. The summed E-state index contributed by atoms with van der Waals surface area (Å²) in [4.78, 5) is 15.3. The molecule has 0 N–H and O–H groups in total. The number of hydrogen-bond donors (Lipinski definition) is 0. The zero-order valence-electron chi connectivity index (χ0n) is 32.6. The van der Waals surface area contributed by atoms with Crippen LogP contribution in [0, 0.1) is 0 Å². The molecule has 284 valence electrons. The number of para-hydroxylation sites is 2. The van der Waals surface area contributed by atoms with Crippen LogP contribution in [0.15, 0.2) is 203 Å². The van der Waals surface area contributed by atoms with Crippen molar-refractivity contribution in [3.05, 3.63) is 194 Å². The number of aromatic nitrogens is 4. The van der Waals surface area contributed by atoms with Gasteiger partial charge in [0.05, 0.1) is 11.0 Å². The molecule has 6 heteroatoms. The molecule has 0 bridgehead atoms. The number of benzene rings is 9. The summed E-state index contributed by atoms with van der Waals surface area (Å²) in [5.41, 5.74) is 11.5. The van der Waals surface area contributed by atoms with Gasteiger partial charge in [-0.15, -0.1) is 0 Å². The second-order valence-corrected chi connectivity index (χ2v) is 15.6. The molecule has 0 amide bonds. The second-order valence-electron chi connectivity index (χ2n) is 15.6. The molecule has 13 aromatic rings. The predicted molar refractivity (Wildman–Crippen MR) is 248 cm³/mol. The van der Waals surface area contributed by atoms with Gasteiger partial charge in [0.15, 0.2) is 17.5 Å². The van der Waals surface area contributed by atoms with E-state index in [1.54, 1.807) is 0 Å². The van der Waals surface area contributed by atoms with E-state index in [4.69, 9.17) is 23.8 Å². The lowest BCUT2D eigenvalue weighted by Gasteiger charge is -2.10. The average molecular weight is 781 g/mol. The maximum absolute atomic E-state index is 6.66. The highest BCUT2D eigenvalue weighted by Gasteiger charge is 2.21. The molecule has 0 saturated heterocycles. The van der Waals surface area contributed by atoms with E-state index < -0.39 is 0 Å². The first-order valence-electron chi connectivity index (χ1n) is 20.4. The van der Waals surface area contributed by atoms with Crippen molar-refractivity contribution in [3.8, 4) is 51.0 Å². The summed E-state index contributed by atoms with van der Waals surface area (Å²) < 4.78 is 15.5. The molecule has 0 unspecified atom stereocenters. The third-order valence-corrected chi connectivity index (χ3v) is 12.0. The number of nitrogens with zero attached hydrogens (tertiary/aromatic N) is 4. The van der Waals surface area contributed by atoms with Gasteiger partial charge < -0.3 is 13.4 Å². The Balaban J connectivity index is 0.977. The Morgan fingerprint density at radius 2 is 0.951 bits per heavy atom. The largest absolute Gasteiger partial charge is 0.456 e. The third-order valence-electron chi connectivity index (χ3n) is 12.0. The SMILES string of the molecule is c1ccc(-c2nc(-c3ccc4ccccc4c3)nc(-c3cccc4oc5ccc(-c6cccc7oc8cc(-n9c%10ccccc%10c%10ccccc%109)ccc8c67)cc5c34)n2)cc1. The van der Waals surface area contributed by atoms with Gasteiger partial charge in [-0.2, -0.15) is 0 Å². The Hall–Kier alpha value is -8.35. The van der Waals surface area contributed by atoms with Crippen molar-refractivity contribution >= 4 is 76.5 Å². The lowest BCUT2D eigenvalue weighted by atomic mass is 9.97. The van der Waals surface area contributed by atoms with E-state index in [1.807, 2.05) is 42.5 Å². The maximum Gasteiger partial charge on any atom is 0.164 e. The predicted octanol–water partition coefficient (Wildman–Crippen LogP) is 14.6. The normalized spacial score (nSPS) is 11.9. The maximum atomic E-state index is 6.66. The number of furan rings is 2. The van der Waals surface area contributed by atoms with Gasteiger partial charge in [0.25, 0.3) is 0 Å². The summed E-state index contributed by atoms with van der Waals surface area (Å²) in [6, 6.07) is 67.4. The van der Waals surface area contributed by atoms with Gasteiger partial charge in [-0.1, -0.05) is 133 Å². The summed E-state index contributed by atoms with van der Waals surface area (Å²) >= 11 is 0. The quantitative estimate of drug-likeness (QED) is 0.174. The van der Waals surface area contributed by atoms with Crippen molar-refractivity contribution < 1.29 is 8.83 Å². The molecule has 61 heavy (non-hydrogen) atoms. The molecule has 9 aromatic carbocycles. The Bertz CT molecular complexity index is 3840. The first kappa shape index (κ1) is 33.6. The highest BCUT2D eigenvalue weighted by molar-refractivity contribution is 6.16. The first-order valence-corrected chi connectivity index (χ1v) is 20.4. The topological polar surface area (TPSA) is 69.9 Å². The van der Waals surface area contributed by atoms with Gasteiger partial charge in [-0.05, 0) is 76.5 Å². The van der Waals surface area contributed by atoms with E-state index in [0.29, 0.717) is 17.5 Å². The molecule has 4 heterocycles. The first-order chi connectivity index (χ1) is 30.2. The minimum absolute atomic E-state index is 0.581. The fourth-order valence-electron chi connectivity index (χ4n) is 9.25. The van der Waals surface area contributed by atoms with Crippen molar-refractivity contribution in [2.24, 2.45) is 0 Å². The molecule has 0 aliphatic rings. The zero-order valence-corrected chi connectivity index (χ0v) is 32.6. The van der Waals surface area contributed by atoms with Crippen LogP contribution in [0.3, 0.4) is 0 Å². The summed E-state index contributed by atoms with van der Waals surface area (Å²) in [6.07, 6.45) is 0. The van der Waals surface area contributed by atoms with Crippen molar-refractivity contribution in [3.63, 3.8) is 0 Å². The molecule has 0 aliphatic heterocycles. The Kier molecular flexibility index (Phi) is 7.21. The smallest absolute Gasteiger partial charge is 0.164 e. The van der Waals surface area contributed by atoms with Crippen LogP contribution in [0.4, 0.5) is 0 Å². The van der Waals surface area contributed by atoms with Gasteiger partial charge >= 0.3 is 0 Å². The highest BCUT2D eigenvalue weighted by atomic mass is 16.3. The molecule has 6 nitrogen and oxygen atoms in total.